The minimum absolute atomic E-state index is 0. The van der Waals surface area contributed by atoms with Gasteiger partial charge in [-0.1, -0.05) is 0 Å². The Hall–Kier alpha value is -0.530. The Morgan fingerprint density at radius 2 is 2.00 bits per heavy atom. The lowest BCUT2D eigenvalue weighted by Gasteiger charge is -2.31. The van der Waals surface area contributed by atoms with E-state index in [0.717, 1.165) is 4.90 Å². The van der Waals surface area contributed by atoms with E-state index in [1.807, 2.05) is 0 Å². The number of carbonyl (C=O) groups is 1. The second kappa shape index (κ2) is 4.62. The van der Waals surface area contributed by atoms with Gasteiger partial charge in [0, 0.05) is 26.1 Å². The topological polar surface area (TPSA) is 52.6 Å². The van der Waals surface area contributed by atoms with E-state index in [-0.39, 0.29) is 30.8 Å². The molecule has 0 bridgehead atoms. The Labute approximate surface area is 103 Å². The third-order valence-electron chi connectivity index (χ3n) is 3.22. The smallest absolute Gasteiger partial charge is 0.379 e. The van der Waals surface area contributed by atoms with Crippen molar-refractivity contribution >= 4 is 18.3 Å². The van der Waals surface area contributed by atoms with Crippen molar-refractivity contribution in [2.24, 2.45) is 5.92 Å². The molecule has 2 saturated heterocycles. The standard InChI is InChI=1S/C9H13F3N2O2.ClH/c10-9(11,12)8(16)1-2-14(5-8)7(15)6-3-13-4-6;/h6,13,16H,1-5H2;1H. The number of hydrogen-bond donors (Lipinski definition) is 2. The van der Waals surface area contributed by atoms with E-state index < -0.39 is 24.7 Å². The van der Waals surface area contributed by atoms with Crippen LogP contribution in [0.1, 0.15) is 6.42 Å². The molecule has 1 atom stereocenters. The van der Waals surface area contributed by atoms with Gasteiger partial charge in [0.2, 0.25) is 5.91 Å². The van der Waals surface area contributed by atoms with E-state index >= 15 is 0 Å². The molecule has 1 unspecified atom stereocenters. The number of likely N-dealkylation sites (tertiary alicyclic amines) is 1. The van der Waals surface area contributed by atoms with Crippen LogP contribution in [-0.2, 0) is 4.79 Å². The van der Waals surface area contributed by atoms with E-state index in [1.165, 1.54) is 0 Å². The van der Waals surface area contributed by atoms with E-state index in [0.29, 0.717) is 13.1 Å². The molecule has 2 rings (SSSR count). The van der Waals surface area contributed by atoms with Crippen LogP contribution in [-0.4, -0.2) is 53.9 Å². The van der Waals surface area contributed by atoms with Gasteiger partial charge in [0.25, 0.3) is 0 Å². The highest BCUT2D eigenvalue weighted by molar-refractivity contribution is 5.85. The molecule has 100 valence electrons. The zero-order valence-corrected chi connectivity index (χ0v) is 9.77. The summed E-state index contributed by atoms with van der Waals surface area (Å²) in [5.41, 5.74) is -2.72. The molecule has 0 aromatic heterocycles. The van der Waals surface area contributed by atoms with Gasteiger partial charge in [0.05, 0.1) is 12.5 Å². The number of halogens is 4. The van der Waals surface area contributed by atoms with Gasteiger partial charge in [-0.05, 0) is 0 Å². The minimum atomic E-state index is -4.67. The third-order valence-corrected chi connectivity index (χ3v) is 3.22. The molecule has 17 heavy (non-hydrogen) atoms. The van der Waals surface area contributed by atoms with Crippen LogP contribution in [0, 0.1) is 5.92 Å². The van der Waals surface area contributed by atoms with Crippen molar-refractivity contribution in [3.05, 3.63) is 0 Å². The number of hydrogen-bond acceptors (Lipinski definition) is 3. The van der Waals surface area contributed by atoms with Crippen molar-refractivity contribution in [3.63, 3.8) is 0 Å². The Balaban J connectivity index is 0.00000144. The largest absolute Gasteiger partial charge is 0.419 e. The number of amides is 1. The van der Waals surface area contributed by atoms with Crippen molar-refractivity contribution in [1.29, 1.82) is 0 Å². The van der Waals surface area contributed by atoms with Gasteiger partial charge in [-0.15, -0.1) is 12.4 Å². The fourth-order valence-electron chi connectivity index (χ4n) is 1.93. The predicted octanol–water partition coefficient (Wildman–Crippen LogP) is 0.153. The molecule has 8 heteroatoms. The highest BCUT2D eigenvalue weighted by atomic mass is 35.5. The van der Waals surface area contributed by atoms with Crippen LogP contribution >= 0.6 is 12.4 Å². The molecule has 0 aromatic carbocycles. The summed E-state index contributed by atoms with van der Waals surface area (Å²) in [6.45, 7) is 0.372. The van der Waals surface area contributed by atoms with Crippen LogP contribution in [0.2, 0.25) is 0 Å². The summed E-state index contributed by atoms with van der Waals surface area (Å²) < 4.78 is 37.4. The second-order valence-electron chi connectivity index (χ2n) is 4.39. The lowest BCUT2D eigenvalue weighted by atomic mass is 10.0. The number of alkyl halides is 3. The Morgan fingerprint density at radius 3 is 2.35 bits per heavy atom. The Kier molecular flexibility index (Phi) is 3.95. The van der Waals surface area contributed by atoms with Crippen LogP contribution in [0.3, 0.4) is 0 Å². The SMILES string of the molecule is Cl.O=C(C1CNC1)N1CCC(O)(C(F)(F)F)C1. The van der Waals surface area contributed by atoms with Gasteiger partial charge < -0.3 is 15.3 Å². The number of nitrogens with one attached hydrogen (secondary N) is 1. The van der Waals surface area contributed by atoms with Gasteiger partial charge in [0.15, 0.2) is 5.60 Å². The summed E-state index contributed by atoms with van der Waals surface area (Å²) in [5.74, 6) is -0.519. The number of carbonyl (C=O) groups excluding carboxylic acids is 1. The van der Waals surface area contributed by atoms with Crippen LogP contribution in [0.25, 0.3) is 0 Å². The molecule has 0 spiro atoms. The number of nitrogens with zero attached hydrogens (tertiary/aromatic N) is 1. The first-order valence-corrected chi connectivity index (χ1v) is 5.12. The number of β-amino-alcohol motifs (C(OH)–C–C–N with tert-alkyl or cyclic N) is 1. The van der Waals surface area contributed by atoms with E-state index in [9.17, 15) is 23.1 Å². The first-order chi connectivity index (χ1) is 7.33. The van der Waals surface area contributed by atoms with Crippen LogP contribution in [0.5, 0.6) is 0 Å². The van der Waals surface area contributed by atoms with Gasteiger partial charge in [-0.3, -0.25) is 4.79 Å². The maximum absolute atomic E-state index is 12.5. The van der Waals surface area contributed by atoms with Gasteiger partial charge in [-0.25, -0.2) is 0 Å². The monoisotopic (exact) mass is 274 g/mol. The summed E-state index contributed by atoms with van der Waals surface area (Å²) in [7, 11) is 0. The molecular formula is C9H14ClF3N2O2. The van der Waals surface area contributed by atoms with Crippen molar-refractivity contribution in [3.8, 4) is 0 Å². The first-order valence-electron chi connectivity index (χ1n) is 5.12. The van der Waals surface area contributed by atoms with Gasteiger partial charge in [-0.2, -0.15) is 13.2 Å². The third kappa shape index (κ3) is 2.51. The van der Waals surface area contributed by atoms with Crippen LogP contribution < -0.4 is 5.32 Å². The fraction of sp³-hybridized carbons (Fsp3) is 0.889. The van der Waals surface area contributed by atoms with E-state index in [2.05, 4.69) is 5.32 Å². The fourth-order valence-corrected chi connectivity index (χ4v) is 1.93. The molecule has 0 aromatic rings. The lowest BCUT2D eigenvalue weighted by molar-refractivity contribution is -0.253. The van der Waals surface area contributed by atoms with Crippen molar-refractivity contribution in [1.82, 2.24) is 10.2 Å². The predicted molar refractivity (Wildman–Crippen MR) is 55.8 cm³/mol. The Morgan fingerprint density at radius 1 is 1.41 bits per heavy atom. The molecule has 2 fully saturated rings. The molecule has 2 heterocycles. The summed E-state index contributed by atoms with van der Waals surface area (Å²) >= 11 is 0. The maximum Gasteiger partial charge on any atom is 0.419 e. The first kappa shape index (κ1) is 14.5. The zero-order chi connectivity index (χ0) is 12.0. The van der Waals surface area contributed by atoms with Crippen molar-refractivity contribution < 1.29 is 23.1 Å². The average Bonchev–Trinajstić information content (AvgIpc) is 2.44. The molecule has 1 amide bonds. The summed E-state index contributed by atoms with van der Waals surface area (Å²) in [6.07, 6.45) is -5.09. The number of rotatable bonds is 1. The zero-order valence-electron chi connectivity index (χ0n) is 8.96. The molecule has 4 nitrogen and oxygen atoms in total. The minimum Gasteiger partial charge on any atom is -0.379 e. The molecule has 2 aliphatic heterocycles. The van der Waals surface area contributed by atoms with Gasteiger partial charge in [0.1, 0.15) is 0 Å². The molecule has 0 saturated carbocycles. The number of aliphatic hydroxyl groups is 1. The maximum atomic E-state index is 12.5. The van der Waals surface area contributed by atoms with Crippen molar-refractivity contribution in [2.45, 2.75) is 18.2 Å². The molecule has 2 aliphatic rings. The van der Waals surface area contributed by atoms with E-state index in [1.54, 1.807) is 0 Å². The molecule has 2 N–H and O–H groups in total. The summed E-state index contributed by atoms with van der Waals surface area (Å²) in [6, 6.07) is 0. The Bertz CT molecular complexity index is 309. The molecular weight excluding hydrogens is 261 g/mol. The summed E-state index contributed by atoms with van der Waals surface area (Å²) in [5, 5.41) is 12.3. The van der Waals surface area contributed by atoms with Gasteiger partial charge >= 0.3 is 6.18 Å². The highest BCUT2D eigenvalue weighted by Gasteiger charge is 2.58. The van der Waals surface area contributed by atoms with Crippen LogP contribution in [0.15, 0.2) is 0 Å². The molecule has 0 radical (unpaired) electrons. The van der Waals surface area contributed by atoms with E-state index in [4.69, 9.17) is 0 Å². The summed E-state index contributed by atoms with van der Waals surface area (Å²) in [4.78, 5) is 12.8. The second-order valence-corrected chi connectivity index (χ2v) is 4.39. The molecule has 0 aliphatic carbocycles. The highest BCUT2D eigenvalue weighted by Crippen LogP contribution is 2.38. The average molecular weight is 275 g/mol. The van der Waals surface area contributed by atoms with Crippen LogP contribution in [0.4, 0.5) is 13.2 Å². The quantitative estimate of drug-likeness (QED) is 0.716. The lowest BCUT2D eigenvalue weighted by Crippen LogP contribution is -2.53. The van der Waals surface area contributed by atoms with Crippen molar-refractivity contribution in [2.75, 3.05) is 26.2 Å². The normalized spacial score (nSPS) is 29.8.